The minimum absolute atomic E-state index is 0.0336. The largest absolute Gasteiger partial charge is 0.480 e. The van der Waals surface area contributed by atoms with E-state index in [4.69, 9.17) is 17.2 Å². The van der Waals surface area contributed by atoms with Gasteiger partial charge in [0.25, 0.3) is 0 Å². The zero-order valence-corrected chi connectivity index (χ0v) is 20.2. The second-order valence-electron chi connectivity index (χ2n) is 8.43. The molecule has 0 aliphatic carbocycles. The Morgan fingerprint density at radius 3 is 1.97 bits per heavy atom. The highest BCUT2D eigenvalue weighted by molar-refractivity contribution is 5.96. The molecule has 11 N–H and O–H groups in total. The number of aliphatic hydroxyl groups excluding tert-OH is 1. The van der Waals surface area contributed by atoms with E-state index in [1.807, 2.05) is 0 Å². The highest BCUT2D eigenvalue weighted by Crippen LogP contribution is 2.07. The van der Waals surface area contributed by atoms with Crippen molar-refractivity contribution in [2.75, 3.05) is 6.54 Å². The Labute approximate surface area is 209 Å². The van der Waals surface area contributed by atoms with Crippen molar-refractivity contribution in [2.24, 2.45) is 17.2 Å². The highest BCUT2D eigenvalue weighted by atomic mass is 16.4. The van der Waals surface area contributed by atoms with E-state index in [0.717, 1.165) is 0 Å². The van der Waals surface area contributed by atoms with Crippen molar-refractivity contribution >= 4 is 29.6 Å². The Kier molecular flexibility index (Phi) is 13.1. The summed E-state index contributed by atoms with van der Waals surface area (Å²) in [7, 11) is 0. The highest BCUT2D eigenvalue weighted by Gasteiger charge is 2.31. The number of benzene rings is 1. The molecular formula is C23H36N6O7. The standard InChI is InChI=1S/C23H36N6O7/c1-13(30)19(26)22(34)27-15(9-5-6-10-24)20(32)28-16(12-18(25)31)21(33)29-17(23(35)36)11-14-7-3-2-4-8-14/h2-4,7-8,13,15-17,19,30H,5-6,9-12,24,26H2,1H3,(H2,25,31)(H,27,34)(H,28,32)(H,29,33)(H,35,36). The van der Waals surface area contributed by atoms with Crippen LogP contribution in [0.15, 0.2) is 30.3 Å². The third-order valence-corrected chi connectivity index (χ3v) is 5.34. The van der Waals surface area contributed by atoms with Gasteiger partial charge in [-0.2, -0.15) is 0 Å². The third-order valence-electron chi connectivity index (χ3n) is 5.34. The van der Waals surface area contributed by atoms with Crippen LogP contribution in [0.2, 0.25) is 0 Å². The number of amides is 4. The van der Waals surface area contributed by atoms with Gasteiger partial charge >= 0.3 is 5.97 Å². The Balaban J connectivity index is 3.01. The van der Waals surface area contributed by atoms with Crippen LogP contribution in [0.1, 0.15) is 38.2 Å². The SMILES string of the molecule is CC(O)C(N)C(=O)NC(CCCCN)C(=O)NC(CC(N)=O)C(=O)NC(Cc1ccccc1)C(=O)O. The number of unbranched alkanes of at least 4 members (excludes halogenated alkanes) is 1. The number of primary amides is 1. The molecule has 0 heterocycles. The fourth-order valence-electron chi connectivity index (χ4n) is 3.25. The lowest BCUT2D eigenvalue weighted by atomic mass is 10.0. The topological polar surface area (TPSA) is 240 Å². The molecule has 0 radical (unpaired) electrons. The Morgan fingerprint density at radius 1 is 0.889 bits per heavy atom. The first-order chi connectivity index (χ1) is 17.0. The number of nitrogens with two attached hydrogens (primary N) is 3. The summed E-state index contributed by atoms with van der Waals surface area (Å²) >= 11 is 0. The number of hydrogen-bond acceptors (Lipinski definition) is 8. The fourth-order valence-corrected chi connectivity index (χ4v) is 3.25. The average molecular weight is 509 g/mol. The minimum atomic E-state index is -1.49. The van der Waals surface area contributed by atoms with Crippen LogP contribution in [-0.2, 0) is 30.4 Å². The summed E-state index contributed by atoms with van der Waals surface area (Å²) in [4.78, 5) is 61.4. The lowest BCUT2D eigenvalue weighted by molar-refractivity contribution is -0.142. The molecule has 0 aliphatic rings. The summed E-state index contributed by atoms with van der Waals surface area (Å²) in [5, 5.41) is 26.2. The Hall–Kier alpha value is -3.55. The maximum absolute atomic E-state index is 13.0. The van der Waals surface area contributed by atoms with Crippen molar-refractivity contribution in [1.29, 1.82) is 0 Å². The van der Waals surface area contributed by atoms with Gasteiger partial charge in [0.2, 0.25) is 23.6 Å². The van der Waals surface area contributed by atoms with Crippen LogP contribution in [0.5, 0.6) is 0 Å². The first-order valence-electron chi connectivity index (χ1n) is 11.6. The molecule has 13 nitrogen and oxygen atoms in total. The summed E-state index contributed by atoms with van der Waals surface area (Å²) in [5.74, 6) is -4.75. The van der Waals surface area contributed by atoms with Gasteiger partial charge in [-0.15, -0.1) is 0 Å². The van der Waals surface area contributed by atoms with E-state index < -0.39 is 66.3 Å². The molecule has 0 saturated heterocycles. The van der Waals surface area contributed by atoms with Crippen molar-refractivity contribution in [3.8, 4) is 0 Å². The van der Waals surface area contributed by atoms with Crippen molar-refractivity contribution in [1.82, 2.24) is 16.0 Å². The van der Waals surface area contributed by atoms with E-state index in [1.165, 1.54) is 6.92 Å². The summed E-state index contributed by atoms with van der Waals surface area (Å²) in [6, 6.07) is 3.29. The van der Waals surface area contributed by atoms with Gasteiger partial charge in [0.1, 0.15) is 24.2 Å². The molecule has 5 unspecified atom stereocenters. The molecule has 0 saturated carbocycles. The molecule has 1 aromatic carbocycles. The first kappa shape index (κ1) is 30.5. The van der Waals surface area contributed by atoms with Gasteiger partial charge in [-0.05, 0) is 38.3 Å². The fraction of sp³-hybridized carbons (Fsp3) is 0.522. The molecule has 0 spiro atoms. The van der Waals surface area contributed by atoms with Crippen LogP contribution in [-0.4, -0.2) is 76.6 Å². The summed E-state index contributed by atoms with van der Waals surface area (Å²) in [6.45, 7) is 1.66. The van der Waals surface area contributed by atoms with E-state index >= 15 is 0 Å². The van der Waals surface area contributed by atoms with Crippen molar-refractivity contribution in [3.63, 3.8) is 0 Å². The van der Waals surface area contributed by atoms with Crippen LogP contribution in [0, 0.1) is 0 Å². The maximum atomic E-state index is 13.0. The smallest absolute Gasteiger partial charge is 0.326 e. The predicted molar refractivity (Wildman–Crippen MR) is 130 cm³/mol. The summed E-state index contributed by atoms with van der Waals surface area (Å²) < 4.78 is 0. The molecule has 0 fully saturated rings. The van der Waals surface area contributed by atoms with Crippen molar-refractivity contribution < 1.29 is 34.2 Å². The van der Waals surface area contributed by atoms with Crippen LogP contribution in [0.3, 0.4) is 0 Å². The minimum Gasteiger partial charge on any atom is -0.480 e. The average Bonchev–Trinajstić information content (AvgIpc) is 2.82. The number of carbonyl (C=O) groups excluding carboxylic acids is 4. The second kappa shape index (κ2) is 15.4. The number of aliphatic hydroxyl groups is 1. The van der Waals surface area contributed by atoms with Gasteiger partial charge < -0.3 is 43.4 Å². The second-order valence-corrected chi connectivity index (χ2v) is 8.43. The number of hydrogen-bond donors (Lipinski definition) is 8. The molecule has 36 heavy (non-hydrogen) atoms. The van der Waals surface area contributed by atoms with Gasteiger partial charge in [0, 0.05) is 6.42 Å². The third kappa shape index (κ3) is 10.8. The van der Waals surface area contributed by atoms with Gasteiger partial charge in [0.15, 0.2) is 0 Å². The molecule has 1 aromatic rings. The molecular weight excluding hydrogens is 472 g/mol. The van der Waals surface area contributed by atoms with Crippen LogP contribution < -0.4 is 33.2 Å². The molecule has 1 rings (SSSR count). The summed E-state index contributed by atoms with van der Waals surface area (Å²) in [5.41, 5.74) is 17.0. The monoisotopic (exact) mass is 508 g/mol. The first-order valence-corrected chi connectivity index (χ1v) is 11.6. The number of aliphatic carboxylic acids is 1. The van der Waals surface area contributed by atoms with Gasteiger partial charge in [-0.1, -0.05) is 30.3 Å². The van der Waals surface area contributed by atoms with E-state index in [1.54, 1.807) is 30.3 Å². The Morgan fingerprint density at radius 2 is 1.44 bits per heavy atom. The maximum Gasteiger partial charge on any atom is 0.326 e. The predicted octanol–water partition coefficient (Wildman–Crippen LogP) is -2.52. The van der Waals surface area contributed by atoms with E-state index in [2.05, 4.69) is 16.0 Å². The number of carboxylic acid groups (broad SMARTS) is 1. The van der Waals surface area contributed by atoms with Gasteiger partial charge in [-0.25, -0.2) is 4.79 Å². The lowest BCUT2D eigenvalue weighted by Crippen LogP contribution is -2.58. The Bertz CT molecular complexity index is 896. The van der Waals surface area contributed by atoms with Crippen molar-refractivity contribution in [3.05, 3.63) is 35.9 Å². The van der Waals surface area contributed by atoms with E-state index in [9.17, 15) is 34.2 Å². The number of carbonyl (C=O) groups is 5. The van der Waals surface area contributed by atoms with E-state index in [-0.39, 0.29) is 12.8 Å². The molecule has 5 atom stereocenters. The zero-order valence-electron chi connectivity index (χ0n) is 20.2. The summed E-state index contributed by atoms with van der Waals surface area (Å²) in [6.07, 6.45) is -0.682. The quantitative estimate of drug-likeness (QED) is 0.110. The van der Waals surface area contributed by atoms with Crippen molar-refractivity contribution in [2.45, 2.75) is 69.3 Å². The number of rotatable bonds is 16. The molecule has 13 heteroatoms. The lowest BCUT2D eigenvalue weighted by Gasteiger charge is -2.25. The molecule has 0 aliphatic heterocycles. The zero-order chi connectivity index (χ0) is 27.3. The normalized spacial score (nSPS) is 15.0. The van der Waals surface area contributed by atoms with Gasteiger partial charge in [-0.3, -0.25) is 19.2 Å². The van der Waals surface area contributed by atoms with E-state index in [0.29, 0.717) is 24.9 Å². The van der Waals surface area contributed by atoms with Crippen LogP contribution in [0.4, 0.5) is 0 Å². The number of nitrogens with one attached hydrogen (secondary N) is 3. The molecule has 4 amide bonds. The number of carboxylic acids is 1. The van der Waals surface area contributed by atoms with Crippen LogP contribution in [0.25, 0.3) is 0 Å². The molecule has 0 aromatic heterocycles. The van der Waals surface area contributed by atoms with Gasteiger partial charge in [0.05, 0.1) is 12.5 Å². The van der Waals surface area contributed by atoms with Crippen LogP contribution >= 0.6 is 0 Å². The molecule has 0 bridgehead atoms. The molecule has 200 valence electrons.